The van der Waals surface area contributed by atoms with E-state index in [-0.39, 0.29) is 0 Å². The Morgan fingerprint density at radius 1 is 1.44 bits per heavy atom. The standard InChI is InChI=1S/C6H6O2S/c1-2-7-8-6-4-9-3-5(1)6/h3-4H,1-2H2. The van der Waals surface area contributed by atoms with Gasteiger partial charge in [-0.1, -0.05) is 0 Å². The lowest BCUT2D eigenvalue weighted by molar-refractivity contribution is -0.214. The van der Waals surface area contributed by atoms with Gasteiger partial charge in [0, 0.05) is 17.4 Å². The van der Waals surface area contributed by atoms with Gasteiger partial charge >= 0.3 is 0 Å². The molecule has 0 fully saturated rings. The smallest absolute Gasteiger partial charge is 0.179 e. The molecule has 1 aliphatic heterocycles. The molecule has 0 saturated carbocycles. The molecule has 2 rings (SSSR count). The first kappa shape index (κ1) is 5.26. The summed E-state index contributed by atoms with van der Waals surface area (Å²) in [5.41, 5.74) is 1.27. The Bertz CT molecular complexity index is 186. The summed E-state index contributed by atoms with van der Waals surface area (Å²) in [6.07, 6.45) is 0.985. The summed E-state index contributed by atoms with van der Waals surface area (Å²) in [7, 11) is 0. The zero-order valence-electron chi connectivity index (χ0n) is 4.79. The second-order valence-electron chi connectivity index (χ2n) is 1.92. The van der Waals surface area contributed by atoms with Crippen LogP contribution in [0.4, 0.5) is 0 Å². The molecular weight excluding hydrogens is 136 g/mol. The predicted octanol–water partition coefficient (Wildman–Crippen LogP) is 1.61. The minimum atomic E-state index is 0.684. The molecule has 3 heteroatoms. The first-order valence-corrected chi connectivity index (χ1v) is 3.75. The molecule has 0 unspecified atom stereocenters. The molecule has 48 valence electrons. The van der Waals surface area contributed by atoms with Crippen LogP contribution in [0.25, 0.3) is 0 Å². The second-order valence-corrected chi connectivity index (χ2v) is 2.66. The first-order chi connectivity index (χ1) is 4.47. The molecule has 0 saturated heterocycles. The van der Waals surface area contributed by atoms with Crippen molar-refractivity contribution in [3.8, 4) is 5.75 Å². The molecule has 0 atom stereocenters. The van der Waals surface area contributed by atoms with Crippen molar-refractivity contribution in [3.05, 3.63) is 16.3 Å². The van der Waals surface area contributed by atoms with Crippen LogP contribution in [-0.2, 0) is 11.3 Å². The van der Waals surface area contributed by atoms with E-state index in [4.69, 9.17) is 9.78 Å². The van der Waals surface area contributed by atoms with Gasteiger partial charge in [0.1, 0.15) is 0 Å². The van der Waals surface area contributed by atoms with Gasteiger partial charge in [0.2, 0.25) is 0 Å². The van der Waals surface area contributed by atoms with Crippen molar-refractivity contribution in [2.75, 3.05) is 6.61 Å². The Morgan fingerprint density at radius 2 is 2.44 bits per heavy atom. The summed E-state index contributed by atoms with van der Waals surface area (Å²) < 4.78 is 0. The molecule has 0 N–H and O–H groups in total. The molecule has 0 radical (unpaired) electrons. The van der Waals surface area contributed by atoms with Crippen LogP contribution in [0.15, 0.2) is 10.8 Å². The molecule has 0 aliphatic carbocycles. The van der Waals surface area contributed by atoms with Crippen molar-refractivity contribution in [3.63, 3.8) is 0 Å². The normalized spacial score (nSPS) is 16.4. The highest BCUT2D eigenvalue weighted by atomic mass is 32.1. The van der Waals surface area contributed by atoms with Gasteiger partial charge in [-0.15, -0.1) is 11.3 Å². The fourth-order valence-corrected chi connectivity index (χ4v) is 1.60. The van der Waals surface area contributed by atoms with Gasteiger partial charge in [0.25, 0.3) is 0 Å². The maximum absolute atomic E-state index is 4.87. The lowest BCUT2D eigenvalue weighted by atomic mass is 10.2. The van der Waals surface area contributed by atoms with Crippen LogP contribution in [0.2, 0.25) is 0 Å². The fraction of sp³-hybridized carbons (Fsp3) is 0.333. The van der Waals surface area contributed by atoms with Crippen LogP contribution in [0.5, 0.6) is 5.75 Å². The average molecular weight is 142 g/mol. The number of hydrogen-bond donors (Lipinski definition) is 0. The fourth-order valence-electron chi connectivity index (χ4n) is 0.824. The molecule has 1 aromatic rings. The minimum Gasteiger partial charge on any atom is -0.336 e. The van der Waals surface area contributed by atoms with Crippen LogP contribution >= 0.6 is 11.3 Å². The molecule has 2 nitrogen and oxygen atoms in total. The van der Waals surface area contributed by atoms with Crippen molar-refractivity contribution in [2.24, 2.45) is 0 Å². The van der Waals surface area contributed by atoms with E-state index in [1.54, 1.807) is 11.3 Å². The van der Waals surface area contributed by atoms with Gasteiger partial charge in [-0.05, 0) is 5.38 Å². The van der Waals surface area contributed by atoms with Crippen molar-refractivity contribution < 1.29 is 9.78 Å². The van der Waals surface area contributed by atoms with E-state index in [0.717, 1.165) is 12.2 Å². The maximum Gasteiger partial charge on any atom is 0.179 e. The molecule has 0 bridgehead atoms. The summed E-state index contributed by atoms with van der Waals surface area (Å²) in [5, 5.41) is 4.05. The SMILES string of the molecule is c1scc2c1CCOO2. The summed E-state index contributed by atoms with van der Waals surface area (Å²) in [6.45, 7) is 0.684. The van der Waals surface area contributed by atoms with Gasteiger partial charge in [-0.2, -0.15) is 4.89 Å². The van der Waals surface area contributed by atoms with Crippen molar-refractivity contribution >= 4 is 11.3 Å². The summed E-state index contributed by atoms with van der Waals surface area (Å²) in [6, 6.07) is 0. The van der Waals surface area contributed by atoms with Crippen molar-refractivity contribution in [2.45, 2.75) is 6.42 Å². The minimum absolute atomic E-state index is 0.684. The summed E-state index contributed by atoms with van der Waals surface area (Å²) in [5.74, 6) is 0.895. The quantitative estimate of drug-likeness (QED) is 0.512. The third-order valence-corrected chi connectivity index (χ3v) is 2.08. The lowest BCUT2D eigenvalue weighted by Crippen LogP contribution is -2.08. The molecule has 0 amide bonds. The van der Waals surface area contributed by atoms with E-state index in [1.165, 1.54) is 5.56 Å². The Balaban J connectivity index is 2.39. The van der Waals surface area contributed by atoms with Crippen LogP contribution in [-0.4, -0.2) is 6.61 Å². The second kappa shape index (κ2) is 2.01. The van der Waals surface area contributed by atoms with Crippen LogP contribution in [0.3, 0.4) is 0 Å². The molecule has 0 spiro atoms. The van der Waals surface area contributed by atoms with E-state index < -0.39 is 0 Å². The van der Waals surface area contributed by atoms with Crippen LogP contribution < -0.4 is 4.89 Å². The Labute approximate surface area is 57.0 Å². The topological polar surface area (TPSA) is 18.5 Å². The zero-order valence-corrected chi connectivity index (χ0v) is 5.61. The van der Waals surface area contributed by atoms with Gasteiger partial charge in [-0.25, -0.2) is 0 Å². The summed E-state index contributed by atoms with van der Waals surface area (Å²) in [4.78, 5) is 9.63. The highest BCUT2D eigenvalue weighted by Gasteiger charge is 2.10. The molecule has 9 heavy (non-hydrogen) atoms. The number of rotatable bonds is 0. The Kier molecular flexibility index (Phi) is 1.17. The van der Waals surface area contributed by atoms with Crippen molar-refractivity contribution in [1.29, 1.82) is 0 Å². The van der Waals surface area contributed by atoms with Crippen LogP contribution in [0.1, 0.15) is 5.56 Å². The largest absolute Gasteiger partial charge is 0.336 e. The number of fused-ring (bicyclic) bond motifs is 1. The summed E-state index contributed by atoms with van der Waals surface area (Å²) >= 11 is 1.65. The van der Waals surface area contributed by atoms with E-state index >= 15 is 0 Å². The van der Waals surface area contributed by atoms with E-state index in [0.29, 0.717) is 6.61 Å². The van der Waals surface area contributed by atoms with Gasteiger partial charge in [-0.3, -0.25) is 0 Å². The molecule has 1 aromatic heterocycles. The molecular formula is C6H6O2S. The third kappa shape index (κ3) is 0.821. The predicted molar refractivity (Wildman–Crippen MR) is 34.6 cm³/mol. The molecule has 0 aromatic carbocycles. The third-order valence-electron chi connectivity index (χ3n) is 1.31. The van der Waals surface area contributed by atoms with E-state index in [2.05, 4.69) is 5.38 Å². The molecule has 1 aliphatic rings. The monoisotopic (exact) mass is 142 g/mol. The highest BCUT2D eigenvalue weighted by molar-refractivity contribution is 7.08. The molecule has 2 heterocycles. The van der Waals surface area contributed by atoms with Crippen LogP contribution in [0, 0.1) is 0 Å². The first-order valence-electron chi connectivity index (χ1n) is 2.81. The lowest BCUT2D eigenvalue weighted by Gasteiger charge is -2.10. The zero-order chi connectivity index (χ0) is 6.10. The van der Waals surface area contributed by atoms with Gasteiger partial charge in [0.15, 0.2) is 5.75 Å². The average Bonchev–Trinajstić information content (AvgIpc) is 2.33. The number of hydrogen-bond acceptors (Lipinski definition) is 3. The highest BCUT2D eigenvalue weighted by Crippen LogP contribution is 2.26. The van der Waals surface area contributed by atoms with Gasteiger partial charge < -0.3 is 4.89 Å². The van der Waals surface area contributed by atoms with E-state index in [9.17, 15) is 0 Å². The van der Waals surface area contributed by atoms with Gasteiger partial charge in [0.05, 0.1) is 6.61 Å². The number of thiophene rings is 1. The Morgan fingerprint density at radius 3 is 3.33 bits per heavy atom. The Hall–Kier alpha value is -0.540. The van der Waals surface area contributed by atoms with Crippen molar-refractivity contribution in [1.82, 2.24) is 0 Å². The maximum atomic E-state index is 4.87. The van der Waals surface area contributed by atoms with E-state index in [1.807, 2.05) is 5.38 Å².